The van der Waals surface area contributed by atoms with Crippen molar-refractivity contribution in [1.82, 2.24) is 10.8 Å². The van der Waals surface area contributed by atoms with Crippen molar-refractivity contribution in [3.63, 3.8) is 0 Å². The predicted octanol–water partition coefficient (Wildman–Crippen LogP) is 2.11. The maximum Gasteiger partial charge on any atom is 0.508 e. The highest BCUT2D eigenvalue weighted by Crippen LogP contribution is 2.29. The number of carbonyl (C=O) groups excluding carboxylic acids is 2. The van der Waals surface area contributed by atoms with Crippen LogP contribution in [0.15, 0.2) is 59.5 Å². The van der Waals surface area contributed by atoms with E-state index in [0.29, 0.717) is 11.1 Å². The molecule has 1 atom stereocenters. The van der Waals surface area contributed by atoms with Gasteiger partial charge in [0.15, 0.2) is 9.84 Å². The molecule has 0 aliphatic heterocycles. The second kappa shape index (κ2) is 15.2. The van der Waals surface area contributed by atoms with E-state index in [0.717, 1.165) is 6.26 Å². The Morgan fingerprint density at radius 1 is 0.846 bits per heavy atom. The van der Waals surface area contributed by atoms with Crippen LogP contribution in [0.25, 0.3) is 11.1 Å². The molecule has 15 nitrogen and oxygen atoms in total. The van der Waals surface area contributed by atoms with Gasteiger partial charge in [0.1, 0.15) is 25.9 Å². The highest BCUT2D eigenvalue weighted by Gasteiger charge is 2.23. The van der Waals surface area contributed by atoms with Crippen LogP contribution in [0.3, 0.4) is 0 Å². The summed E-state index contributed by atoms with van der Waals surface area (Å²) in [6.45, 7) is -0.265. The van der Waals surface area contributed by atoms with E-state index < -0.39 is 58.7 Å². The number of esters is 1. The first-order chi connectivity index (χ1) is 18.4. The molecule has 0 saturated carbocycles. The van der Waals surface area contributed by atoms with Gasteiger partial charge in [-0.3, -0.25) is 20.8 Å². The first-order valence-corrected chi connectivity index (χ1v) is 13.0. The van der Waals surface area contributed by atoms with E-state index in [9.17, 15) is 18.0 Å². The fourth-order valence-electron chi connectivity index (χ4n) is 3.15. The molecule has 0 amide bonds. The lowest BCUT2D eigenvalue weighted by atomic mass is 9.95. The molecule has 214 valence electrons. The normalized spacial score (nSPS) is 13.1. The van der Waals surface area contributed by atoms with Crippen LogP contribution >= 0.6 is 0 Å². The lowest BCUT2D eigenvalue weighted by Gasteiger charge is -2.19. The van der Waals surface area contributed by atoms with Gasteiger partial charge in [-0.25, -0.2) is 27.7 Å². The molecule has 2 aromatic carbocycles. The molecule has 4 N–H and O–H groups in total. The Balaban J connectivity index is 2.37. The van der Waals surface area contributed by atoms with Crippen LogP contribution in [-0.4, -0.2) is 90.9 Å². The number of sulfone groups is 1. The van der Waals surface area contributed by atoms with Crippen LogP contribution in [0.5, 0.6) is 0 Å². The zero-order valence-electron chi connectivity index (χ0n) is 20.9. The minimum atomic E-state index is -3.51. The molecular weight excluding hydrogens is 544 g/mol. The topological polar surface area (TPSA) is 202 Å². The summed E-state index contributed by atoms with van der Waals surface area (Å²) < 4.78 is 39.1. The van der Waals surface area contributed by atoms with Crippen molar-refractivity contribution in [2.24, 2.45) is 0 Å². The number of nitrogens with zero attached hydrogens (tertiary/aromatic N) is 2. The Hall–Kier alpha value is -3.45. The molecule has 0 radical (unpaired) electrons. The summed E-state index contributed by atoms with van der Waals surface area (Å²) >= 11 is 0. The number of ether oxygens (including phenoxy) is 3. The number of rotatable bonds is 14. The monoisotopic (exact) mass is 572 g/mol. The first-order valence-electron chi connectivity index (χ1n) is 11.1. The Morgan fingerprint density at radius 3 is 2.03 bits per heavy atom. The van der Waals surface area contributed by atoms with Crippen molar-refractivity contribution >= 4 is 33.1 Å². The van der Waals surface area contributed by atoms with Crippen molar-refractivity contribution in [2.45, 2.75) is 17.9 Å². The second-order valence-electron chi connectivity index (χ2n) is 7.61. The van der Waals surface area contributed by atoms with Gasteiger partial charge in [-0.1, -0.05) is 42.5 Å². The smallest absolute Gasteiger partial charge is 0.462 e. The zero-order chi connectivity index (χ0) is 29.0. The summed E-state index contributed by atoms with van der Waals surface area (Å²) in [5, 5.41) is 33.5. The third-order valence-electron chi connectivity index (χ3n) is 4.82. The number of benzene rings is 2. The molecule has 0 fully saturated rings. The molecule has 0 aliphatic rings. The van der Waals surface area contributed by atoms with Crippen LogP contribution < -0.4 is 0 Å². The van der Waals surface area contributed by atoms with Crippen molar-refractivity contribution in [3.8, 4) is 0 Å². The van der Waals surface area contributed by atoms with E-state index in [1.54, 1.807) is 37.3 Å². The average molecular weight is 573 g/mol. The van der Waals surface area contributed by atoms with Gasteiger partial charge in [0.25, 0.3) is 0 Å². The van der Waals surface area contributed by atoms with E-state index in [2.05, 4.69) is 9.68 Å². The number of carbonyl (C=O) groups is 2. The van der Waals surface area contributed by atoms with Crippen LogP contribution in [0, 0.1) is 0 Å². The van der Waals surface area contributed by atoms with E-state index in [-0.39, 0.29) is 22.6 Å². The molecule has 39 heavy (non-hydrogen) atoms. The van der Waals surface area contributed by atoms with Crippen molar-refractivity contribution in [3.05, 3.63) is 65.7 Å². The van der Waals surface area contributed by atoms with Gasteiger partial charge in [0.05, 0.1) is 27.9 Å². The second-order valence-corrected chi connectivity index (χ2v) is 9.63. The third kappa shape index (κ3) is 10.7. The van der Waals surface area contributed by atoms with Crippen molar-refractivity contribution in [1.29, 1.82) is 0 Å². The maximum atomic E-state index is 13.0. The molecule has 0 heterocycles. The standard InChI is InChI=1S/C23H28N2O13S/c1-3-34-22(26)21(17-7-5-4-6-8-17)20(16-9-11-19(12-10-16)39(2,32)33)15-36-23(27)35-13-18(38-25(30)31)14-37-24(28)29/h4-12,18,28-31H,3,13-15H2,1-2H3/b21-20+. The Morgan fingerprint density at radius 2 is 1.49 bits per heavy atom. The van der Waals surface area contributed by atoms with Crippen LogP contribution in [0.2, 0.25) is 0 Å². The summed E-state index contributed by atoms with van der Waals surface area (Å²) in [7, 11) is -3.51. The highest BCUT2D eigenvalue weighted by molar-refractivity contribution is 7.90. The third-order valence-corrected chi connectivity index (χ3v) is 5.94. The van der Waals surface area contributed by atoms with Crippen molar-refractivity contribution < 1.29 is 62.7 Å². The summed E-state index contributed by atoms with van der Waals surface area (Å²) in [6.07, 6.45) is -1.66. The molecule has 16 heteroatoms. The van der Waals surface area contributed by atoms with Crippen LogP contribution in [-0.2, 0) is 38.5 Å². The average Bonchev–Trinajstić information content (AvgIpc) is 2.88. The molecule has 0 bridgehead atoms. The fourth-order valence-corrected chi connectivity index (χ4v) is 3.78. The van der Waals surface area contributed by atoms with E-state index >= 15 is 0 Å². The molecule has 0 aliphatic carbocycles. The van der Waals surface area contributed by atoms with Crippen LogP contribution in [0.1, 0.15) is 18.1 Å². The Labute approximate surface area is 223 Å². The van der Waals surface area contributed by atoms with Gasteiger partial charge >= 0.3 is 12.1 Å². The molecule has 2 rings (SSSR count). The lowest BCUT2D eigenvalue weighted by molar-refractivity contribution is -0.527. The maximum absolute atomic E-state index is 13.0. The summed E-state index contributed by atoms with van der Waals surface area (Å²) in [4.78, 5) is 34.1. The molecule has 1 unspecified atom stereocenters. The Bertz CT molecular complexity index is 1220. The van der Waals surface area contributed by atoms with Gasteiger partial charge < -0.3 is 14.2 Å². The molecule has 2 aromatic rings. The SMILES string of the molecule is CCOC(=O)/C(=C(\COC(=O)OCC(CON(O)O)ON(O)O)c1ccc(S(C)(=O)=O)cc1)c1ccccc1. The van der Waals surface area contributed by atoms with E-state index in [1.165, 1.54) is 24.3 Å². The largest absolute Gasteiger partial charge is 0.508 e. The van der Waals surface area contributed by atoms with Gasteiger partial charge in [0, 0.05) is 11.8 Å². The number of hydrogen-bond acceptors (Lipinski definition) is 15. The highest BCUT2D eigenvalue weighted by atomic mass is 32.2. The summed E-state index contributed by atoms with van der Waals surface area (Å²) in [5.41, 5.74) is 0.998. The molecular formula is C23H28N2O13S. The molecule has 0 spiro atoms. The summed E-state index contributed by atoms with van der Waals surface area (Å²) in [6, 6.07) is 13.9. The van der Waals surface area contributed by atoms with E-state index in [4.69, 9.17) is 35.0 Å². The van der Waals surface area contributed by atoms with Gasteiger partial charge in [-0.2, -0.15) is 0 Å². The number of hydrogen-bond donors (Lipinski definition) is 4. The van der Waals surface area contributed by atoms with Crippen molar-refractivity contribution in [2.75, 3.05) is 32.7 Å². The first kappa shape index (κ1) is 31.8. The fraction of sp³-hybridized carbons (Fsp3) is 0.304. The minimum Gasteiger partial charge on any atom is -0.462 e. The Kier molecular flexibility index (Phi) is 12.4. The zero-order valence-corrected chi connectivity index (χ0v) is 21.7. The quantitative estimate of drug-likeness (QED) is 0.111. The van der Waals surface area contributed by atoms with Crippen LogP contribution in [0.4, 0.5) is 4.79 Å². The van der Waals surface area contributed by atoms with E-state index in [1.807, 2.05) is 0 Å². The summed E-state index contributed by atoms with van der Waals surface area (Å²) in [5.74, 6) is -0.725. The lowest BCUT2D eigenvalue weighted by Crippen LogP contribution is -2.35. The predicted molar refractivity (Wildman–Crippen MR) is 128 cm³/mol. The minimum absolute atomic E-state index is 0.0303. The molecule has 0 aromatic heterocycles. The van der Waals surface area contributed by atoms with Gasteiger partial charge in [-0.05, 0) is 30.2 Å². The molecule has 0 saturated heterocycles. The van der Waals surface area contributed by atoms with Gasteiger partial charge in [-0.15, -0.1) is 0 Å². The van der Waals surface area contributed by atoms with Gasteiger partial charge in [0.2, 0.25) is 0 Å².